The molecule has 0 fully saturated rings. The number of hydrogen-bond acceptors (Lipinski definition) is 3. The lowest BCUT2D eigenvalue weighted by Gasteiger charge is -2.11. The predicted molar refractivity (Wildman–Crippen MR) is 71.3 cm³/mol. The Morgan fingerprint density at radius 3 is 2.94 bits per heavy atom. The number of carbonyl (C=O) groups is 1. The van der Waals surface area contributed by atoms with Crippen molar-refractivity contribution >= 4 is 16.8 Å². The third kappa shape index (κ3) is 2.36. The van der Waals surface area contributed by atoms with Gasteiger partial charge >= 0.3 is 0 Å². The highest BCUT2D eigenvalue weighted by atomic mass is 16.2. The van der Waals surface area contributed by atoms with E-state index in [1.165, 1.54) is 0 Å². The summed E-state index contributed by atoms with van der Waals surface area (Å²) in [5, 5.41) is 8.06. The topological polar surface area (TPSA) is 72.9 Å². The summed E-state index contributed by atoms with van der Waals surface area (Å²) in [4.78, 5) is 12.1. The minimum absolute atomic E-state index is 0.0586. The highest BCUT2D eigenvalue weighted by molar-refractivity contribution is 6.04. The molecular weight excluding hydrogens is 228 g/mol. The van der Waals surface area contributed by atoms with E-state index in [4.69, 9.17) is 5.73 Å². The number of para-hydroxylation sites is 1. The van der Waals surface area contributed by atoms with Crippen LogP contribution in [0.3, 0.4) is 0 Å². The van der Waals surface area contributed by atoms with Gasteiger partial charge in [0.15, 0.2) is 5.69 Å². The van der Waals surface area contributed by atoms with Crippen molar-refractivity contribution in [3.63, 3.8) is 0 Å². The highest BCUT2D eigenvalue weighted by Gasteiger charge is 2.16. The summed E-state index contributed by atoms with van der Waals surface area (Å²) in [6.07, 6.45) is 0.760. The van der Waals surface area contributed by atoms with Gasteiger partial charge in [0.05, 0.1) is 5.52 Å². The van der Waals surface area contributed by atoms with E-state index in [9.17, 15) is 4.79 Å². The molecule has 1 aromatic carbocycles. The molecule has 1 atom stereocenters. The van der Waals surface area contributed by atoms with Gasteiger partial charge < -0.3 is 11.1 Å². The summed E-state index contributed by atoms with van der Waals surface area (Å²) < 4.78 is 1.72. The van der Waals surface area contributed by atoms with E-state index in [1.807, 2.05) is 38.2 Å². The molecule has 0 radical (unpaired) electrons. The molecule has 0 aliphatic carbocycles. The lowest BCUT2D eigenvalue weighted by molar-refractivity contribution is 0.0934. The molecule has 2 rings (SSSR count). The molecule has 1 aromatic heterocycles. The highest BCUT2D eigenvalue weighted by Crippen LogP contribution is 2.17. The first-order valence-corrected chi connectivity index (χ1v) is 6.06. The zero-order chi connectivity index (χ0) is 13.1. The molecule has 0 bridgehead atoms. The number of aryl methyl sites for hydroxylation is 1. The first kappa shape index (κ1) is 12.6. The molecule has 1 heterocycles. The van der Waals surface area contributed by atoms with Gasteiger partial charge in [-0.05, 0) is 26.0 Å². The second kappa shape index (κ2) is 5.18. The smallest absolute Gasteiger partial charge is 0.272 e. The molecule has 0 aliphatic rings. The Hall–Kier alpha value is -1.88. The molecule has 2 aromatic rings. The number of hydrogen-bond donors (Lipinski definition) is 2. The van der Waals surface area contributed by atoms with Crippen molar-refractivity contribution in [3.05, 3.63) is 30.0 Å². The maximum absolute atomic E-state index is 12.1. The number of fused-ring (bicyclic) bond motifs is 1. The summed E-state index contributed by atoms with van der Waals surface area (Å²) >= 11 is 0. The molecule has 1 unspecified atom stereocenters. The van der Waals surface area contributed by atoms with E-state index in [2.05, 4.69) is 10.4 Å². The second-order valence-corrected chi connectivity index (χ2v) is 4.44. The number of nitrogens with two attached hydrogens (primary N) is 1. The molecule has 5 nitrogen and oxygen atoms in total. The first-order valence-electron chi connectivity index (χ1n) is 6.06. The van der Waals surface area contributed by atoms with Crippen molar-refractivity contribution in [2.45, 2.75) is 19.4 Å². The predicted octanol–water partition coefficient (Wildman–Crippen LogP) is 1.04. The fraction of sp³-hybridized carbons (Fsp3) is 0.385. The van der Waals surface area contributed by atoms with E-state index >= 15 is 0 Å². The van der Waals surface area contributed by atoms with Gasteiger partial charge in [-0.25, -0.2) is 0 Å². The van der Waals surface area contributed by atoms with Gasteiger partial charge in [0, 0.05) is 18.5 Å². The molecule has 5 heteroatoms. The van der Waals surface area contributed by atoms with Gasteiger partial charge in [0.1, 0.15) is 0 Å². The van der Waals surface area contributed by atoms with Gasteiger partial charge in [-0.3, -0.25) is 9.48 Å². The summed E-state index contributed by atoms with van der Waals surface area (Å²) in [5.41, 5.74) is 6.89. The third-order valence-corrected chi connectivity index (χ3v) is 2.95. The van der Waals surface area contributed by atoms with E-state index in [0.717, 1.165) is 17.3 Å². The second-order valence-electron chi connectivity index (χ2n) is 4.44. The average molecular weight is 246 g/mol. The Balaban J connectivity index is 2.28. The van der Waals surface area contributed by atoms with Crippen LogP contribution < -0.4 is 11.1 Å². The number of benzene rings is 1. The number of amides is 1. The van der Waals surface area contributed by atoms with Crippen LogP contribution in [-0.2, 0) is 7.05 Å². The quantitative estimate of drug-likeness (QED) is 0.846. The zero-order valence-corrected chi connectivity index (χ0v) is 10.7. The fourth-order valence-electron chi connectivity index (χ4n) is 2.00. The van der Waals surface area contributed by atoms with Crippen LogP contribution in [0.25, 0.3) is 10.9 Å². The van der Waals surface area contributed by atoms with Crippen LogP contribution in [0.4, 0.5) is 0 Å². The van der Waals surface area contributed by atoms with Gasteiger partial charge in [-0.2, -0.15) is 5.10 Å². The zero-order valence-electron chi connectivity index (χ0n) is 10.7. The first-order chi connectivity index (χ1) is 8.63. The average Bonchev–Trinajstić information content (AvgIpc) is 2.68. The molecular formula is C13H18N4O. The van der Waals surface area contributed by atoms with Crippen molar-refractivity contribution in [1.82, 2.24) is 15.1 Å². The SMILES string of the molecule is CC(CCN)NC(=O)c1nn(C)c2ccccc12. The fourth-order valence-corrected chi connectivity index (χ4v) is 2.00. The number of carbonyl (C=O) groups excluding carboxylic acids is 1. The van der Waals surface area contributed by atoms with Gasteiger partial charge in [-0.15, -0.1) is 0 Å². The molecule has 0 spiro atoms. The number of aromatic nitrogens is 2. The molecule has 3 N–H and O–H groups in total. The van der Waals surface area contributed by atoms with E-state index < -0.39 is 0 Å². The monoisotopic (exact) mass is 246 g/mol. The minimum atomic E-state index is -0.146. The normalized spacial score (nSPS) is 12.6. The van der Waals surface area contributed by atoms with E-state index in [-0.39, 0.29) is 11.9 Å². The Morgan fingerprint density at radius 1 is 1.50 bits per heavy atom. The summed E-state index contributed by atoms with van der Waals surface area (Å²) in [6.45, 7) is 2.50. The Kier molecular flexibility index (Phi) is 3.62. The van der Waals surface area contributed by atoms with E-state index in [1.54, 1.807) is 4.68 Å². The van der Waals surface area contributed by atoms with Crippen LogP contribution in [0, 0.1) is 0 Å². The Morgan fingerprint density at radius 2 is 2.22 bits per heavy atom. The van der Waals surface area contributed by atoms with E-state index in [0.29, 0.717) is 12.2 Å². The van der Waals surface area contributed by atoms with Crippen molar-refractivity contribution in [3.8, 4) is 0 Å². The van der Waals surface area contributed by atoms with Crippen LogP contribution in [0.15, 0.2) is 24.3 Å². The molecule has 0 saturated carbocycles. The van der Waals surface area contributed by atoms with Crippen LogP contribution >= 0.6 is 0 Å². The molecule has 0 saturated heterocycles. The standard InChI is InChI=1S/C13H18N4O/c1-9(7-8-14)15-13(18)12-10-5-3-4-6-11(10)17(2)16-12/h3-6,9H,7-8,14H2,1-2H3,(H,15,18). The third-order valence-electron chi connectivity index (χ3n) is 2.95. The van der Waals surface area contributed by atoms with Crippen molar-refractivity contribution in [2.24, 2.45) is 12.8 Å². The summed E-state index contributed by atoms with van der Waals surface area (Å²) in [5.74, 6) is -0.146. The number of nitrogens with one attached hydrogen (secondary N) is 1. The van der Waals surface area contributed by atoms with Gasteiger partial charge in [0.25, 0.3) is 5.91 Å². The molecule has 0 aliphatic heterocycles. The van der Waals surface area contributed by atoms with Crippen molar-refractivity contribution in [2.75, 3.05) is 6.54 Å². The summed E-state index contributed by atoms with van der Waals surface area (Å²) in [7, 11) is 1.84. The lowest BCUT2D eigenvalue weighted by Crippen LogP contribution is -2.34. The maximum Gasteiger partial charge on any atom is 0.272 e. The number of nitrogens with zero attached hydrogens (tertiary/aromatic N) is 2. The lowest BCUT2D eigenvalue weighted by atomic mass is 10.2. The van der Waals surface area contributed by atoms with Gasteiger partial charge in [-0.1, -0.05) is 18.2 Å². The van der Waals surface area contributed by atoms with Crippen LogP contribution in [-0.4, -0.2) is 28.3 Å². The van der Waals surface area contributed by atoms with Crippen LogP contribution in [0.5, 0.6) is 0 Å². The largest absolute Gasteiger partial charge is 0.348 e. The minimum Gasteiger partial charge on any atom is -0.348 e. The molecule has 1 amide bonds. The Labute approximate surface area is 106 Å². The van der Waals surface area contributed by atoms with Crippen molar-refractivity contribution in [1.29, 1.82) is 0 Å². The van der Waals surface area contributed by atoms with Crippen LogP contribution in [0.2, 0.25) is 0 Å². The summed E-state index contributed by atoms with van der Waals surface area (Å²) in [6, 6.07) is 7.75. The number of rotatable bonds is 4. The molecule has 18 heavy (non-hydrogen) atoms. The maximum atomic E-state index is 12.1. The van der Waals surface area contributed by atoms with Crippen molar-refractivity contribution < 1.29 is 4.79 Å². The van der Waals surface area contributed by atoms with Gasteiger partial charge in [0.2, 0.25) is 0 Å². The van der Waals surface area contributed by atoms with Crippen LogP contribution in [0.1, 0.15) is 23.8 Å². The molecule has 96 valence electrons. The Bertz CT molecular complexity index is 561.